The summed E-state index contributed by atoms with van der Waals surface area (Å²) < 4.78 is 37.0. The summed E-state index contributed by atoms with van der Waals surface area (Å²) in [5, 5.41) is 2.99. The molecule has 0 fully saturated rings. The molecule has 0 aliphatic carbocycles. The highest BCUT2D eigenvalue weighted by molar-refractivity contribution is 7.90. The molecule has 0 saturated carbocycles. The third-order valence-electron chi connectivity index (χ3n) is 3.02. The number of sulfone groups is 1. The van der Waals surface area contributed by atoms with Crippen molar-refractivity contribution in [2.45, 2.75) is 10.9 Å². The molecule has 6 heteroatoms. The van der Waals surface area contributed by atoms with Gasteiger partial charge in [-0.3, -0.25) is 4.98 Å². The first-order chi connectivity index (χ1) is 9.43. The van der Waals surface area contributed by atoms with Crippen LogP contribution in [0.5, 0.6) is 0 Å². The lowest BCUT2D eigenvalue weighted by molar-refractivity contribution is 0.570. The molecule has 0 amide bonds. The van der Waals surface area contributed by atoms with E-state index in [-0.39, 0.29) is 4.90 Å². The van der Waals surface area contributed by atoms with Crippen LogP contribution in [0, 0.1) is 5.82 Å². The van der Waals surface area contributed by atoms with Gasteiger partial charge < -0.3 is 5.32 Å². The normalized spacial score (nSPS) is 13.2. The van der Waals surface area contributed by atoms with Crippen LogP contribution in [-0.2, 0) is 9.84 Å². The zero-order chi connectivity index (χ0) is 14.8. The molecule has 1 atom stereocenters. The van der Waals surface area contributed by atoms with E-state index in [1.54, 1.807) is 31.3 Å². The Morgan fingerprint density at radius 1 is 1.30 bits per heavy atom. The molecule has 0 aliphatic heterocycles. The molecule has 1 aromatic carbocycles. The maximum Gasteiger partial charge on any atom is 0.175 e. The van der Waals surface area contributed by atoms with Crippen molar-refractivity contribution >= 4 is 9.84 Å². The van der Waals surface area contributed by atoms with Gasteiger partial charge in [-0.15, -0.1) is 0 Å². The molecular formula is C14H15FN2O2S. The highest BCUT2D eigenvalue weighted by Crippen LogP contribution is 2.25. The van der Waals surface area contributed by atoms with Gasteiger partial charge >= 0.3 is 0 Å². The van der Waals surface area contributed by atoms with Gasteiger partial charge in [-0.05, 0) is 30.8 Å². The second-order valence-electron chi connectivity index (χ2n) is 4.46. The third kappa shape index (κ3) is 3.02. The number of nitrogens with zero attached hydrogens (tertiary/aromatic N) is 1. The summed E-state index contributed by atoms with van der Waals surface area (Å²) in [7, 11) is -1.60. The van der Waals surface area contributed by atoms with E-state index in [4.69, 9.17) is 0 Å². The van der Waals surface area contributed by atoms with Gasteiger partial charge in [0.15, 0.2) is 9.84 Å². The highest BCUT2D eigenvalue weighted by Gasteiger charge is 2.18. The third-order valence-corrected chi connectivity index (χ3v) is 4.13. The molecule has 0 spiro atoms. The number of hydrogen-bond donors (Lipinski definition) is 1. The number of aromatic nitrogens is 1. The Morgan fingerprint density at radius 2 is 2.05 bits per heavy atom. The Hall–Kier alpha value is -1.79. The van der Waals surface area contributed by atoms with Crippen molar-refractivity contribution < 1.29 is 12.8 Å². The Kier molecular flexibility index (Phi) is 4.15. The van der Waals surface area contributed by atoms with E-state index >= 15 is 0 Å². The van der Waals surface area contributed by atoms with Gasteiger partial charge in [-0.25, -0.2) is 12.8 Å². The standard InChI is InChI=1S/C14H15FN2O2S/c1-16-14(12-6-7-17-9-13(12)15)10-4-3-5-11(8-10)20(2,18)19/h3-9,14,16H,1-2H3. The van der Waals surface area contributed by atoms with Gasteiger partial charge in [0, 0.05) is 18.0 Å². The first-order valence-corrected chi connectivity index (χ1v) is 7.89. The van der Waals surface area contributed by atoms with Crippen LogP contribution in [-0.4, -0.2) is 26.7 Å². The Labute approximate surface area is 117 Å². The zero-order valence-electron chi connectivity index (χ0n) is 11.2. The van der Waals surface area contributed by atoms with E-state index in [9.17, 15) is 12.8 Å². The van der Waals surface area contributed by atoms with E-state index in [2.05, 4.69) is 10.3 Å². The summed E-state index contributed by atoms with van der Waals surface area (Å²) in [6, 6.07) is 7.62. The topological polar surface area (TPSA) is 59.1 Å². The van der Waals surface area contributed by atoms with Gasteiger partial charge in [0.05, 0.1) is 17.1 Å². The van der Waals surface area contributed by atoms with Gasteiger partial charge in [-0.1, -0.05) is 12.1 Å². The fourth-order valence-electron chi connectivity index (χ4n) is 2.05. The van der Waals surface area contributed by atoms with E-state index in [1.165, 1.54) is 12.3 Å². The quantitative estimate of drug-likeness (QED) is 0.936. The van der Waals surface area contributed by atoms with Crippen molar-refractivity contribution in [1.82, 2.24) is 10.3 Å². The van der Waals surface area contributed by atoms with Crippen molar-refractivity contribution in [3.05, 3.63) is 59.7 Å². The second kappa shape index (κ2) is 5.68. The van der Waals surface area contributed by atoms with Crippen molar-refractivity contribution in [2.24, 2.45) is 0 Å². The predicted molar refractivity (Wildman–Crippen MR) is 74.6 cm³/mol. The van der Waals surface area contributed by atoms with Crippen LogP contribution in [0.2, 0.25) is 0 Å². The second-order valence-corrected chi connectivity index (χ2v) is 6.48. The molecule has 106 valence electrons. The first-order valence-electron chi connectivity index (χ1n) is 6.00. The number of halogens is 1. The van der Waals surface area contributed by atoms with Crippen LogP contribution in [0.3, 0.4) is 0 Å². The van der Waals surface area contributed by atoms with Crippen LogP contribution in [0.1, 0.15) is 17.2 Å². The van der Waals surface area contributed by atoms with Gasteiger partial charge in [0.1, 0.15) is 5.82 Å². The molecule has 20 heavy (non-hydrogen) atoms. The molecule has 0 bridgehead atoms. The SMILES string of the molecule is CNC(c1cccc(S(C)(=O)=O)c1)c1ccncc1F. The van der Waals surface area contributed by atoms with Crippen molar-refractivity contribution in [3.8, 4) is 0 Å². The lowest BCUT2D eigenvalue weighted by atomic mass is 9.99. The minimum Gasteiger partial charge on any atom is -0.309 e. The number of benzene rings is 1. The largest absolute Gasteiger partial charge is 0.309 e. The number of rotatable bonds is 4. The fraction of sp³-hybridized carbons (Fsp3) is 0.214. The zero-order valence-corrected chi connectivity index (χ0v) is 12.0. The average Bonchev–Trinajstić information content (AvgIpc) is 2.41. The molecule has 2 aromatic rings. The van der Waals surface area contributed by atoms with Gasteiger partial charge in [-0.2, -0.15) is 0 Å². The molecule has 4 nitrogen and oxygen atoms in total. The lowest BCUT2D eigenvalue weighted by Gasteiger charge is -2.18. The summed E-state index contributed by atoms with van der Waals surface area (Å²) in [6.07, 6.45) is 3.79. The Bertz CT molecular complexity index is 717. The summed E-state index contributed by atoms with van der Waals surface area (Å²) >= 11 is 0. The van der Waals surface area contributed by atoms with Gasteiger partial charge in [0.2, 0.25) is 0 Å². The molecule has 2 rings (SSSR count). The summed E-state index contributed by atoms with van der Waals surface area (Å²) in [5.41, 5.74) is 1.11. The van der Waals surface area contributed by atoms with Crippen molar-refractivity contribution in [2.75, 3.05) is 13.3 Å². The Morgan fingerprint density at radius 3 is 2.65 bits per heavy atom. The maximum atomic E-state index is 13.8. The minimum atomic E-state index is -3.29. The van der Waals surface area contributed by atoms with E-state index in [0.29, 0.717) is 11.1 Å². The Balaban J connectivity index is 2.51. The smallest absolute Gasteiger partial charge is 0.175 e. The molecule has 0 radical (unpaired) electrons. The monoisotopic (exact) mass is 294 g/mol. The summed E-state index contributed by atoms with van der Waals surface area (Å²) in [4.78, 5) is 3.93. The van der Waals surface area contributed by atoms with E-state index in [0.717, 1.165) is 12.5 Å². The average molecular weight is 294 g/mol. The molecule has 0 saturated heterocycles. The van der Waals surface area contributed by atoms with Crippen LogP contribution in [0.15, 0.2) is 47.6 Å². The number of nitrogens with one attached hydrogen (secondary N) is 1. The number of pyridine rings is 1. The van der Waals surface area contributed by atoms with Crippen LogP contribution >= 0.6 is 0 Å². The highest BCUT2D eigenvalue weighted by atomic mass is 32.2. The van der Waals surface area contributed by atoms with Crippen molar-refractivity contribution in [1.29, 1.82) is 0 Å². The molecule has 1 N–H and O–H groups in total. The molecule has 1 unspecified atom stereocenters. The predicted octanol–water partition coefficient (Wildman–Crippen LogP) is 1.93. The maximum absolute atomic E-state index is 13.8. The molecule has 1 heterocycles. The number of hydrogen-bond acceptors (Lipinski definition) is 4. The van der Waals surface area contributed by atoms with Gasteiger partial charge in [0.25, 0.3) is 0 Å². The minimum absolute atomic E-state index is 0.213. The van der Waals surface area contributed by atoms with Crippen LogP contribution < -0.4 is 5.32 Å². The van der Waals surface area contributed by atoms with E-state index < -0.39 is 21.7 Å². The van der Waals surface area contributed by atoms with Crippen LogP contribution in [0.25, 0.3) is 0 Å². The van der Waals surface area contributed by atoms with Crippen LogP contribution in [0.4, 0.5) is 4.39 Å². The summed E-state index contributed by atoms with van der Waals surface area (Å²) in [5.74, 6) is -0.434. The van der Waals surface area contributed by atoms with E-state index in [1.807, 2.05) is 0 Å². The first kappa shape index (κ1) is 14.6. The summed E-state index contributed by atoms with van der Waals surface area (Å²) in [6.45, 7) is 0. The lowest BCUT2D eigenvalue weighted by Crippen LogP contribution is -2.19. The molecule has 0 aliphatic rings. The molecule has 1 aromatic heterocycles. The molecular weight excluding hydrogens is 279 g/mol. The van der Waals surface area contributed by atoms with Crippen molar-refractivity contribution in [3.63, 3.8) is 0 Å². The fourth-order valence-corrected chi connectivity index (χ4v) is 2.72.